The zero-order valence-corrected chi connectivity index (χ0v) is 23.0. The van der Waals surface area contributed by atoms with Gasteiger partial charge in [-0.25, -0.2) is 9.48 Å². The number of nitrogens with zero attached hydrogens (tertiary/aromatic N) is 2. The first-order chi connectivity index (χ1) is 17.0. The van der Waals surface area contributed by atoms with Crippen molar-refractivity contribution < 1.29 is 14.4 Å². The molecule has 1 aliphatic rings. The molecule has 2 atom stereocenters. The minimum Gasteiger partial charge on any atom is -0.544 e. The molecule has 35 heavy (non-hydrogen) atoms. The summed E-state index contributed by atoms with van der Waals surface area (Å²) in [5.41, 5.74) is 6.10. The Morgan fingerprint density at radius 3 is 1.77 bits per heavy atom. The van der Waals surface area contributed by atoms with Crippen molar-refractivity contribution in [3.05, 3.63) is 24.6 Å². The lowest BCUT2D eigenvalue weighted by Crippen LogP contribution is -2.60. The van der Waals surface area contributed by atoms with Crippen molar-refractivity contribution in [1.82, 2.24) is 0 Å². The van der Waals surface area contributed by atoms with E-state index in [1.807, 2.05) is 6.92 Å². The number of allylic oxidation sites excluding steroid dienone is 2. The molecule has 5 heteroatoms. The van der Waals surface area contributed by atoms with Gasteiger partial charge in [-0.1, -0.05) is 109 Å². The van der Waals surface area contributed by atoms with Crippen LogP contribution in [0.15, 0.2) is 29.5 Å². The van der Waals surface area contributed by atoms with Gasteiger partial charge in [0.1, 0.15) is 18.9 Å². The highest BCUT2D eigenvalue weighted by molar-refractivity contribution is 5.81. The second-order valence-electron chi connectivity index (χ2n) is 10.5. The van der Waals surface area contributed by atoms with Gasteiger partial charge in [0.2, 0.25) is 5.84 Å². The van der Waals surface area contributed by atoms with E-state index in [-0.39, 0.29) is 17.2 Å². The van der Waals surface area contributed by atoms with E-state index in [2.05, 4.69) is 24.1 Å². The molecule has 0 saturated carbocycles. The predicted molar refractivity (Wildman–Crippen MR) is 148 cm³/mol. The number of carbonyl (C=O) groups is 1. The van der Waals surface area contributed by atoms with Gasteiger partial charge in [-0.15, -0.1) is 0 Å². The highest BCUT2D eigenvalue weighted by atomic mass is 16.4. The van der Waals surface area contributed by atoms with E-state index in [0.29, 0.717) is 0 Å². The van der Waals surface area contributed by atoms with Crippen LogP contribution in [0.25, 0.3) is 0 Å². The number of carboxylic acids is 1. The summed E-state index contributed by atoms with van der Waals surface area (Å²) in [4.78, 5) is 15.6. The molecule has 0 aromatic rings. The van der Waals surface area contributed by atoms with Crippen LogP contribution in [0.2, 0.25) is 0 Å². The van der Waals surface area contributed by atoms with Gasteiger partial charge in [-0.3, -0.25) is 5.73 Å². The van der Waals surface area contributed by atoms with Crippen molar-refractivity contribution >= 4 is 11.8 Å². The van der Waals surface area contributed by atoms with Gasteiger partial charge >= 0.3 is 0 Å². The normalized spacial score (nSPS) is 18.4. The molecule has 0 fully saturated rings. The fourth-order valence-corrected chi connectivity index (χ4v) is 4.99. The summed E-state index contributed by atoms with van der Waals surface area (Å²) in [6.07, 6.45) is 33.9. The maximum Gasteiger partial charge on any atom is 0.209 e. The molecule has 0 spiro atoms. The summed E-state index contributed by atoms with van der Waals surface area (Å²) >= 11 is 0. The van der Waals surface area contributed by atoms with Crippen molar-refractivity contribution in [3.8, 4) is 0 Å². The monoisotopic (exact) mass is 489 g/mol. The standard InChI is InChI=1S/C30H55N3O2/c1-3-4-5-6-7-8-9-10-11-12-13-14-15-16-17-18-19-20-21-22-23-24-29-32-25-26-33(29,28(2)31)27-30(34)35/h7-8,25-26,28H,3-6,9-24,27,31H2,1-2H3/b8-7+. The molecule has 0 aromatic heterocycles. The number of unbranched alkanes of at least 4 members (excludes halogenated alkanes) is 17. The molecule has 1 rings (SSSR count). The van der Waals surface area contributed by atoms with Crippen LogP contribution in [-0.4, -0.2) is 29.0 Å². The van der Waals surface area contributed by atoms with Crippen LogP contribution in [0.3, 0.4) is 0 Å². The van der Waals surface area contributed by atoms with Crippen molar-refractivity contribution in [2.75, 3.05) is 6.54 Å². The Labute approximate surface area is 216 Å². The number of quaternary nitrogens is 1. The smallest absolute Gasteiger partial charge is 0.209 e. The Morgan fingerprint density at radius 2 is 1.31 bits per heavy atom. The summed E-state index contributed by atoms with van der Waals surface area (Å²) in [5.74, 6) is -0.225. The average Bonchev–Trinajstić information content (AvgIpc) is 3.23. The van der Waals surface area contributed by atoms with Crippen molar-refractivity contribution in [2.24, 2.45) is 10.7 Å². The lowest BCUT2D eigenvalue weighted by Gasteiger charge is -2.36. The molecule has 1 heterocycles. The molecule has 2 N–H and O–H groups in total. The first-order valence-corrected chi connectivity index (χ1v) is 14.8. The Bertz CT molecular complexity index is 627. The highest BCUT2D eigenvalue weighted by Gasteiger charge is 2.38. The highest BCUT2D eigenvalue weighted by Crippen LogP contribution is 2.23. The van der Waals surface area contributed by atoms with Crippen molar-refractivity contribution in [3.63, 3.8) is 0 Å². The first-order valence-electron chi connectivity index (χ1n) is 14.8. The van der Waals surface area contributed by atoms with Gasteiger partial charge in [0, 0.05) is 13.3 Å². The van der Waals surface area contributed by atoms with Crippen LogP contribution in [0.4, 0.5) is 0 Å². The molecule has 0 aromatic carbocycles. The number of hydrogen-bond acceptors (Lipinski definition) is 4. The van der Waals surface area contributed by atoms with E-state index >= 15 is 0 Å². The molecule has 202 valence electrons. The second kappa shape index (κ2) is 20.7. The van der Waals surface area contributed by atoms with Crippen molar-refractivity contribution in [1.29, 1.82) is 0 Å². The number of aliphatic carboxylic acids is 1. The number of amidine groups is 1. The van der Waals surface area contributed by atoms with Crippen LogP contribution in [-0.2, 0) is 4.79 Å². The minimum absolute atomic E-state index is 0.110. The fraction of sp³-hybridized carbons (Fsp3) is 0.800. The van der Waals surface area contributed by atoms with Crippen LogP contribution < -0.4 is 10.8 Å². The lowest BCUT2D eigenvalue weighted by molar-refractivity contribution is -0.808. The third-order valence-electron chi connectivity index (χ3n) is 7.32. The zero-order chi connectivity index (χ0) is 25.6. The van der Waals surface area contributed by atoms with Gasteiger partial charge in [-0.2, -0.15) is 0 Å². The summed E-state index contributed by atoms with van der Waals surface area (Å²) in [5, 5.41) is 11.2. The molecule has 0 aliphatic carbocycles. The Kier molecular flexibility index (Phi) is 18.7. The van der Waals surface area contributed by atoms with Crippen molar-refractivity contribution in [2.45, 2.75) is 148 Å². The summed E-state index contributed by atoms with van der Waals surface area (Å²) in [7, 11) is 0. The van der Waals surface area contributed by atoms with Crippen LogP contribution >= 0.6 is 0 Å². The second-order valence-corrected chi connectivity index (χ2v) is 10.5. The molecular weight excluding hydrogens is 434 g/mol. The van der Waals surface area contributed by atoms with E-state index in [9.17, 15) is 9.90 Å². The first kappa shape index (κ1) is 31.6. The molecule has 0 bridgehead atoms. The predicted octanol–water partition coefficient (Wildman–Crippen LogP) is 7.12. The van der Waals surface area contributed by atoms with E-state index in [4.69, 9.17) is 5.73 Å². The fourth-order valence-electron chi connectivity index (χ4n) is 4.99. The van der Waals surface area contributed by atoms with Gasteiger partial charge < -0.3 is 9.90 Å². The quantitative estimate of drug-likeness (QED) is 0.0890. The molecule has 1 aliphatic heterocycles. The zero-order valence-electron chi connectivity index (χ0n) is 23.0. The lowest BCUT2D eigenvalue weighted by atomic mass is 10.0. The largest absolute Gasteiger partial charge is 0.544 e. The molecule has 2 unspecified atom stereocenters. The minimum atomic E-state index is -1.09. The van der Waals surface area contributed by atoms with E-state index < -0.39 is 5.97 Å². The average molecular weight is 490 g/mol. The van der Waals surface area contributed by atoms with Gasteiger partial charge in [-0.05, 0) is 32.1 Å². The third-order valence-corrected chi connectivity index (χ3v) is 7.32. The number of carboxylic acid groups (broad SMARTS) is 1. The van der Waals surface area contributed by atoms with E-state index in [0.717, 1.165) is 25.1 Å². The molecule has 0 amide bonds. The molecule has 0 radical (unpaired) electrons. The Morgan fingerprint density at radius 1 is 0.857 bits per heavy atom. The number of carbonyl (C=O) groups excluding carboxylic acids is 1. The maximum atomic E-state index is 11.2. The van der Waals surface area contributed by atoms with Crippen LogP contribution in [0, 0.1) is 0 Å². The molecular formula is C30H55N3O2. The number of rotatable bonds is 24. The van der Waals surface area contributed by atoms with Crippen LogP contribution in [0.5, 0.6) is 0 Å². The topological polar surface area (TPSA) is 78.5 Å². The van der Waals surface area contributed by atoms with Gasteiger partial charge in [0.25, 0.3) is 0 Å². The number of nitrogens with two attached hydrogens (primary N) is 1. The third kappa shape index (κ3) is 14.6. The summed E-state index contributed by atoms with van der Waals surface area (Å²) in [6, 6.07) is 0. The van der Waals surface area contributed by atoms with Gasteiger partial charge in [0.05, 0.1) is 12.2 Å². The van der Waals surface area contributed by atoms with E-state index in [1.54, 1.807) is 12.4 Å². The molecule has 0 saturated heterocycles. The van der Waals surface area contributed by atoms with Crippen LogP contribution in [0.1, 0.15) is 142 Å². The number of aliphatic imine (C=N–C) groups is 1. The number of hydrogen-bond donors (Lipinski definition) is 1. The molecule has 5 nitrogen and oxygen atoms in total. The summed E-state index contributed by atoms with van der Waals surface area (Å²) < 4.78 is 0.110. The summed E-state index contributed by atoms with van der Waals surface area (Å²) in [6.45, 7) is 3.97. The maximum absolute atomic E-state index is 11.2. The Hall–Kier alpha value is -1.46. The SMILES string of the molecule is CCCCC/C=C/CCCCCCCCCCCCCCCCC1=NC=C[N+]1(CC(=O)[O-])C(C)N. The van der Waals surface area contributed by atoms with E-state index in [1.165, 1.54) is 109 Å². The Balaban J connectivity index is 1.88. The van der Waals surface area contributed by atoms with Gasteiger partial charge in [0.15, 0.2) is 0 Å².